The summed E-state index contributed by atoms with van der Waals surface area (Å²) in [5.41, 5.74) is 1.72. The van der Waals surface area contributed by atoms with Gasteiger partial charge in [0.25, 0.3) is 0 Å². The molecule has 6 heteroatoms. The SMILES string of the molecule is c1ccc2c(-c3noc(CC4CCOCC4)n3)n[nH]c2c1. The Bertz CT molecular complexity index is 743. The maximum atomic E-state index is 5.38. The quantitative estimate of drug-likeness (QED) is 0.800. The number of para-hydroxylation sites is 1. The van der Waals surface area contributed by atoms with Gasteiger partial charge in [-0.1, -0.05) is 23.4 Å². The minimum atomic E-state index is 0.550. The number of ether oxygens (including phenoxy) is 1. The standard InChI is InChI=1S/C15H16N4O2/c1-2-4-12-11(3-1)14(18-17-12)15-16-13(21-19-15)9-10-5-7-20-8-6-10/h1-4,10H,5-9H2,(H,17,18). The second kappa shape index (κ2) is 5.29. The van der Waals surface area contributed by atoms with Crippen molar-refractivity contribution >= 4 is 10.9 Å². The first-order chi connectivity index (χ1) is 10.4. The Labute approximate surface area is 121 Å². The lowest BCUT2D eigenvalue weighted by molar-refractivity contribution is 0.0642. The van der Waals surface area contributed by atoms with Crippen molar-refractivity contribution in [3.05, 3.63) is 30.2 Å². The van der Waals surface area contributed by atoms with Crippen molar-refractivity contribution in [2.24, 2.45) is 5.92 Å². The molecule has 2 aromatic heterocycles. The average molecular weight is 284 g/mol. The van der Waals surface area contributed by atoms with E-state index in [4.69, 9.17) is 9.26 Å². The van der Waals surface area contributed by atoms with Crippen LogP contribution in [0.4, 0.5) is 0 Å². The number of rotatable bonds is 3. The van der Waals surface area contributed by atoms with E-state index in [1.54, 1.807) is 0 Å². The molecule has 0 spiro atoms. The third-order valence-electron chi connectivity index (χ3n) is 3.95. The van der Waals surface area contributed by atoms with Gasteiger partial charge in [-0.15, -0.1) is 0 Å². The van der Waals surface area contributed by atoms with Crippen LogP contribution in [0.15, 0.2) is 28.8 Å². The molecular weight excluding hydrogens is 268 g/mol. The number of hydrogen-bond donors (Lipinski definition) is 1. The van der Waals surface area contributed by atoms with Gasteiger partial charge in [0.05, 0.1) is 5.52 Å². The van der Waals surface area contributed by atoms with E-state index in [0.29, 0.717) is 17.6 Å². The van der Waals surface area contributed by atoms with Crippen LogP contribution in [0.25, 0.3) is 22.4 Å². The lowest BCUT2D eigenvalue weighted by atomic mass is 9.97. The summed E-state index contributed by atoms with van der Waals surface area (Å²) in [7, 11) is 0. The predicted molar refractivity (Wildman–Crippen MR) is 76.6 cm³/mol. The molecule has 21 heavy (non-hydrogen) atoms. The van der Waals surface area contributed by atoms with Crippen LogP contribution in [0, 0.1) is 5.92 Å². The average Bonchev–Trinajstić information content (AvgIpc) is 3.14. The van der Waals surface area contributed by atoms with Crippen molar-refractivity contribution in [3.8, 4) is 11.5 Å². The first-order valence-corrected chi connectivity index (χ1v) is 7.24. The van der Waals surface area contributed by atoms with Crippen LogP contribution in [0.3, 0.4) is 0 Å². The molecule has 0 aliphatic carbocycles. The van der Waals surface area contributed by atoms with Gasteiger partial charge in [0.15, 0.2) is 0 Å². The van der Waals surface area contributed by atoms with Crippen LogP contribution >= 0.6 is 0 Å². The van der Waals surface area contributed by atoms with E-state index in [1.165, 1.54) is 0 Å². The number of nitrogens with zero attached hydrogens (tertiary/aromatic N) is 3. The van der Waals surface area contributed by atoms with Gasteiger partial charge in [0.1, 0.15) is 5.69 Å². The molecule has 1 N–H and O–H groups in total. The number of fused-ring (bicyclic) bond motifs is 1. The summed E-state index contributed by atoms with van der Waals surface area (Å²) in [6, 6.07) is 7.93. The molecule has 1 aliphatic heterocycles. The van der Waals surface area contributed by atoms with Gasteiger partial charge >= 0.3 is 0 Å². The molecule has 3 heterocycles. The lowest BCUT2D eigenvalue weighted by Gasteiger charge is -2.19. The largest absolute Gasteiger partial charge is 0.381 e. The topological polar surface area (TPSA) is 76.8 Å². The molecular formula is C15H16N4O2. The molecule has 0 atom stereocenters. The zero-order valence-corrected chi connectivity index (χ0v) is 11.6. The molecule has 0 saturated carbocycles. The Hall–Kier alpha value is -2.21. The first-order valence-electron chi connectivity index (χ1n) is 7.24. The fraction of sp³-hybridized carbons (Fsp3) is 0.400. The monoisotopic (exact) mass is 284 g/mol. The second-order valence-corrected chi connectivity index (χ2v) is 5.39. The number of hydrogen-bond acceptors (Lipinski definition) is 5. The van der Waals surface area contributed by atoms with E-state index in [1.807, 2.05) is 24.3 Å². The second-order valence-electron chi connectivity index (χ2n) is 5.39. The highest BCUT2D eigenvalue weighted by Gasteiger charge is 2.19. The van der Waals surface area contributed by atoms with Crippen LogP contribution in [0.1, 0.15) is 18.7 Å². The summed E-state index contributed by atoms with van der Waals surface area (Å²) in [4.78, 5) is 4.50. The molecule has 1 aliphatic rings. The summed E-state index contributed by atoms with van der Waals surface area (Å²) in [6.07, 6.45) is 2.94. The van der Waals surface area contributed by atoms with Crippen molar-refractivity contribution in [1.29, 1.82) is 0 Å². The maximum Gasteiger partial charge on any atom is 0.227 e. The van der Waals surface area contributed by atoms with Gasteiger partial charge < -0.3 is 9.26 Å². The van der Waals surface area contributed by atoms with Gasteiger partial charge in [0, 0.05) is 25.0 Å². The van der Waals surface area contributed by atoms with Crippen LogP contribution in [-0.4, -0.2) is 33.6 Å². The van der Waals surface area contributed by atoms with Crippen molar-refractivity contribution < 1.29 is 9.26 Å². The first kappa shape index (κ1) is 12.5. The Morgan fingerprint density at radius 2 is 2.05 bits per heavy atom. The minimum Gasteiger partial charge on any atom is -0.381 e. The van der Waals surface area contributed by atoms with Crippen LogP contribution in [-0.2, 0) is 11.2 Å². The predicted octanol–water partition coefficient (Wildman–Crippen LogP) is 2.58. The molecule has 3 aromatic rings. The highest BCUT2D eigenvalue weighted by atomic mass is 16.5. The molecule has 0 amide bonds. The third kappa shape index (κ3) is 2.42. The van der Waals surface area contributed by atoms with E-state index >= 15 is 0 Å². The Balaban J connectivity index is 1.59. The number of benzene rings is 1. The number of aromatic amines is 1. The summed E-state index contributed by atoms with van der Waals surface area (Å²) in [5, 5.41) is 12.4. The van der Waals surface area contributed by atoms with Crippen molar-refractivity contribution in [1.82, 2.24) is 20.3 Å². The summed E-state index contributed by atoms with van der Waals surface area (Å²) < 4.78 is 10.8. The molecule has 0 bridgehead atoms. The normalized spacial score (nSPS) is 16.6. The van der Waals surface area contributed by atoms with Crippen LogP contribution in [0.2, 0.25) is 0 Å². The third-order valence-corrected chi connectivity index (χ3v) is 3.95. The fourth-order valence-electron chi connectivity index (χ4n) is 2.77. The van der Waals surface area contributed by atoms with Crippen LogP contribution in [0.5, 0.6) is 0 Å². The van der Waals surface area contributed by atoms with Crippen molar-refractivity contribution in [2.75, 3.05) is 13.2 Å². The molecule has 6 nitrogen and oxygen atoms in total. The van der Waals surface area contributed by atoms with Crippen LogP contribution < -0.4 is 0 Å². The van der Waals surface area contributed by atoms with Crippen molar-refractivity contribution in [2.45, 2.75) is 19.3 Å². The minimum absolute atomic E-state index is 0.550. The Morgan fingerprint density at radius 3 is 2.95 bits per heavy atom. The Kier molecular flexibility index (Phi) is 3.16. The van der Waals surface area contributed by atoms with E-state index in [2.05, 4.69) is 20.3 Å². The van der Waals surface area contributed by atoms with Gasteiger partial charge in [-0.3, -0.25) is 5.10 Å². The maximum absolute atomic E-state index is 5.38. The smallest absolute Gasteiger partial charge is 0.227 e. The summed E-state index contributed by atoms with van der Waals surface area (Å²) >= 11 is 0. The van der Waals surface area contributed by atoms with E-state index < -0.39 is 0 Å². The lowest BCUT2D eigenvalue weighted by Crippen LogP contribution is -2.17. The highest BCUT2D eigenvalue weighted by molar-refractivity contribution is 5.90. The molecule has 108 valence electrons. The van der Waals surface area contributed by atoms with Gasteiger partial charge in [-0.05, 0) is 24.8 Å². The van der Waals surface area contributed by atoms with Crippen molar-refractivity contribution in [3.63, 3.8) is 0 Å². The number of H-pyrrole nitrogens is 1. The summed E-state index contributed by atoms with van der Waals surface area (Å²) in [5.74, 6) is 1.81. The zero-order chi connectivity index (χ0) is 14.1. The van der Waals surface area contributed by atoms with Gasteiger partial charge in [-0.2, -0.15) is 10.1 Å². The van der Waals surface area contributed by atoms with Gasteiger partial charge in [0.2, 0.25) is 11.7 Å². The van der Waals surface area contributed by atoms with Gasteiger partial charge in [-0.25, -0.2) is 0 Å². The zero-order valence-electron chi connectivity index (χ0n) is 11.6. The molecule has 1 aromatic carbocycles. The van der Waals surface area contributed by atoms with E-state index in [0.717, 1.165) is 49.1 Å². The number of aromatic nitrogens is 4. The highest BCUT2D eigenvalue weighted by Crippen LogP contribution is 2.25. The van der Waals surface area contributed by atoms with E-state index in [-0.39, 0.29) is 0 Å². The molecule has 1 saturated heterocycles. The summed E-state index contributed by atoms with van der Waals surface area (Å²) in [6.45, 7) is 1.66. The fourth-order valence-corrected chi connectivity index (χ4v) is 2.77. The number of nitrogens with one attached hydrogen (secondary N) is 1. The Morgan fingerprint density at radius 1 is 1.19 bits per heavy atom. The molecule has 0 unspecified atom stereocenters. The molecule has 1 fully saturated rings. The molecule has 0 radical (unpaired) electrons. The molecule has 4 rings (SSSR count). The van der Waals surface area contributed by atoms with E-state index in [9.17, 15) is 0 Å².